The molecule has 1 aliphatic carbocycles. The molecule has 3 aromatic rings. The van der Waals surface area contributed by atoms with Gasteiger partial charge in [-0.1, -0.05) is 31.4 Å². The van der Waals surface area contributed by atoms with Crippen LogP contribution in [0, 0.1) is 0 Å². The first kappa shape index (κ1) is 22.3. The van der Waals surface area contributed by atoms with Crippen molar-refractivity contribution in [3.63, 3.8) is 0 Å². The van der Waals surface area contributed by atoms with Gasteiger partial charge in [-0.2, -0.15) is 13.2 Å². The van der Waals surface area contributed by atoms with Gasteiger partial charge in [0, 0.05) is 36.7 Å². The fourth-order valence-corrected chi connectivity index (χ4v) is 5.86. The van der Waals surface area contributed by atoms with Crippen LogP contribution in [0.4, 0.5) is 18.9 Å². The first-order chi connectivity index (χ1) is 16.0. The largest absolute Gasteiger partial charge is 0.416 e. The Hall–Kier alpha value is -2.46. The molecule has 1 saturated carbocycles. The van der Waals surface area contributed by atoms with Gasteiger partial charge in [0.05, 0.1) is 11.6 Å². The number of anilines is 1. The Morgan fingerprint density at radius 3 is 2.45 bits per heavy atom. The highest BCUT2D eigenvalue weighted by Gasteiger charge is 2.34. The van der Waals surface area contributed by atoms with Crippen molar-refractivity contribution in [3.05, 3.63) is 58.0 Å². The molecular formula is C23H27F3N6S. The molecule has 0 spiro atoms. The fourth-order valence-electron chi connectivity index (χ4n) is 5.00. The Labute approximate surface area is 195 Å². The minimum Gasteiger partial charge on any atom is -0.369 e. The lowest BCUT2D eigenvalue weighted by Crippen LogP contribution is -2.48. The lowest BCUT2D eigenvalue weighted by atomic mass is 9.95. The normalized spacial score (nSPS) is 19.7. The zero-order chi connectivity index (χ0) is 22.8. The van der Waals surface area contributed by atoms with Crippen molar-refractivity contribution < 1.29 is 13.2 Å². The second kappa shape index (κ2) is 9.42. The zero-order valence-electron chi connectivity index (χ0n) is 18.3. The Balaban J connectivity index is 1.36. The number of piperazine rings is 1. The molecule has 1 saturated heterocycles. The van der Waals surface area contributed by atoms with Gasteiger partial charge in [-0.15, -0.1) is 16.4 Å². The van der Waals surface area contributed by atoms with Crippen molar-refractivity contribution in [2.75, 3.05) is 31.1 Å². The van der Waals surface area contributed by atoms with E-state index in [-0.39, 0.29) is 6.04 Å². The topological polar surface area (TPSA) is 50.1 Å². The third-order valence-electron chi connectivity index (χ3n) is 6.71. The maximum Gasteiger partial charge on any atom is 0.416 e. The summed E-state index contributed by atoms with van der Waals surface area (Å²) in [6.45, 7) is 2.73. The highest BCUT2D eigenvalue weighted by atomic mass is 32.1. The molecule has 0 N–H and O–H groups in total. The fraction of sp³-hybridized carbons (Fsp3) is 0.522. The molecule has 2 fully saturated rings. The second-order valence-electron chi connectivity index (χ2n) is 8.76. The van der Waals surface area contributed by atoms with Gasteiger partial charge in [-0.3, -0.25) is 4.90 Å². The predicted molar refractivity (Wildman–Crippen MR) is 121 cm³/mol. The molecule has 2 aliphatic rings. The van der Waals surface area contributed by atoms with Gasteiger partial charge in [0.1, 0.15) is 6.04 Å². The lowest BCUT2D eigenvalue weighted by molar-refractivity contribution is -0.137. The van der Waals surface area contributed by atoms with E-state index in [1.54, 1.807) is 17.4 Å². The summed E-state index contributed by atoms with van der Waals surface area (Å²) in [6.07, 6.45) is 1.52. The summed E-state index contributed by atoms with van der Waals surface area (Å²) in [6, 6.07) is 10.0. The van der Waals surface area contributed by atoms with E-state index in [1.165, 1.54) is 36.3 Å². The van der Waals surface area contributed by atoms with Crippen LogP contribution in [0.3, 0.4) is 0 Å². The average Bonchev–Trinajstić information content (AvgIpc) is 3.53. The maximum absolute atomic E-state index is 13.2. The van der Waals surface area contributed by atoms with Crippen molar-refractivity contribution in [3.8, 4) is 0 Å². The van der Waals surface area contributed by atoms with Gasteiger partial charge in [-0.05, 0) is 52.9 Å². The van der Waals surface area contributed by atoms with E-state index in [2.05, 4.69) is 31.9 Å². The lowest BCUT2D eigenvalue weighted by Gasteiger charge is -2.40. The molecule has 0 bridgehead atoms. The van der Waals surface area contributed by atoms with Gasteiger partial charge in [0.25, 0.3) is 0 Å². The number of aromatic nitrogens is 4. The molecule has 1 aromatic carbocycles. The van der Waals surface area contributed by atoms with Crippen LogP contribution < -0.4 is 4.90 Å². The van der Waals surface area contributed by atoms with Crippen LogP contribution in [0.1, 0.15) is 60.5 Å². The second-order valence-corrected chi connectivity index (χ2v) is 9.74. The van der Waals surface area contributed by atoms with Crippen LogP contribution in [0.25, 0.3) is 0 Å². The molecule has 0 radical (unpaired) electrons. The third-order valence-corrected chi connectivity index (χ3v) is 7.64. The number of benzene rings is 1. The van der Waals surface area contributed by atoms with E-state index in [4.69, 9.17) is 0 Å². The van der Waals surface area contributed by atoms with Crippen LogP contribution in [0.15, 0.2) is 41.8 Å². The third kappa shape index (κ3) is 4.77. The first-order valence-electron chi connectivity index (χ1n) is 11.5. The summed E-state index contributed by atoms with van der Waals surface area (Å²) >= 11 is 1.69. The summed E-state index contributed by atoms with van der Waals surface area (Å²) in [5, 5.41) is 15.0. The van der Waals surface area contributed by atoms with Crippen molar-refractivity contribution in [1.29, 1.82) is 0 Å². The summed E-state index contributed by atoms with van der Waals surface area (Å²) in [7, 11) is 0. The number of rotatable bonds is 5. The molecule has 10 heteroatoms. The molecule has 2 aromatic heterocycles. The van der Waals surface area contributed by atoms with Gasteiger partial charge in [-0.25, -0.2) is 4.68 Å². The van der Waals surface area contributed by atoms with E-state index < -0.39 is 11.7 Å². The van der Waals surface area contributed by atoms with E-state index in [0.29, 0.717) is 24.8 Å². The zero-order valence-corrected chi connectivity index (χ0v) is 19.1. The van der Waals surface area contributed by atoms with Crippen LogP contribution in [0.5, 0.6) is 0 Å². The minimum atomic E-state index is -4.34. The van der Waals surface area contributed by atoms with Crippen molar-refractivity contribution in [2.24, 2.45) is 0 Å². The summed E-state index contributed by atoms with van der Waals surface area (Å²) in [5.41, 5.74) is 0.00902. The summed E-state index contributed by atoms with van der Waals surface area (Å²) in [5.74, 6) is 0.872. The molecule has 3 heterocycles. The Bertz CT molecular complexity index is 1040. The smallest absolute Gasteiger partial charge is 0.369 e. The molecule has 1 unspecified atom stereocenters. The van der Waals surface area contributed by atoms with Crippen LogP contribution in [-0.2, 0) is 6.18 Å². The van der Waals surface area contributed by atoms with E-state index >= 15 is 0 Å². The van der Waals surface area contributed by atoms with Crippen LogP contribution >= 0.6 is 11.3 Å². The number of tetrazole rings is 1. The maximum atomic E-state index is 13.2. The molecule has 0 amide bonds. The Morgan fingerprint density at radius 2 is 1.76 bits per heavy atom. The van der Waals surface area contributed by atoms with Crippen LogP contribution in [-0.4, -0.2) is 51.3 Å². The van der Waals surface area contributed by atoms with E-state index in [0.717, 1.165) is 37.8 Å². The summed E-state index contributed by atoms with van der Waals surface area (Å²) < 4.78 is 41.5. The molecule has 1 atom stereocenters. The van der Waals surface area contributed by atoms with Gasteiger partial charge in [0.15, 0.2) is 5.82 Å². The molecule has 176 valence electrons. The number of thiophene rings is 1. The molecule has 5 rings (SSSR count). The Kier molecular flexibility index (Phi) is 6.38. The van der Waals surface area contributed by atoms with Gasteiger partial charge < -0.3 is 4.90 Å². The van der Waals surface area contributed by atoms with Crippen molar-refractivity contribution in [1.82, 2.24) is 25.1 Å². The first-order valence-corrected chi connectivity index (χ1v) is 12.4. The number of hydrogen-bond donors (Lipinski definition) is 0. The predicted octanol–water partition coefficient (Wildman–Crippen LogP) is 5.17. The van der Waals surface area contributed by atoms with Crippen molar-refractivity contribution in [2.45, 2.75) is 50.4 Å². The SMILES string of the molecule is FC(F)(F)c1cccc(N2CCN(C(c3cccs3)c3nnnn3C3CCCCC3)CC2)c1. The number of halogens is 3. The van der Waals surface area contributed by atoms with Crippen molar-refractivity contribution >= 4 is 17.0 Å². The highest BCUT2D eigenvalue weighted by Crippen LogP contribution is 2.36. The van der Waals surface area contributed by atoms with E-state index in [1.807, 2.05) is 15.6 Å². The molecular weight excluding hydrogens is 449 g/mol. The number of alkyl halides is 3. The average molecular weight is 477 g/mol. The molecule has 1 aliphatic heterocycles. The van der Waals surface area contributed by atoms with Gasteiger partial charge in [0.2, 0.25) is 0 Å². The highest BCUT2D eigenvalue weighted by molar-refractivity contribution is 7.10. The standard InChI is InChI=1S/C23H27F3N6S/c24-23(25,26)17-6-4-9-19(16-17)30-11-13-31(14-12-30)21(20-10-5-15-33-20)22-27-28-29-32(22)18-7-2-1-3-8-18/h4-6,9-10,15-16,18,21H,1-3,7-8,11-14H2. The Morgan fingerprint density at radius 1 is 0.970 bits per heavy atom. The number of hydrogen-bond acceptors (Lipinski definition) is 6. The van der Waals surface area contributed by atoms with Crippen LogP contribution in [0.2, 0.25) is 0 Å². The minimum absolute atomic E-state index is 0.0504. The quantitative estimate of drug-likeness (QED) is 0.509. The van der Waals surface area contributed by atoms with Gasteiger partial charge >= 0.3 is 6.18 Å². The number of nitrogens with zero attached hydrogens (tertiary/aromatic N) is 6. The monoisotopic (exact) mass is 476 g/mol. The van der Waals surface area contributed by atoms with E-state index in [9.17, 15) is 13.2 Å². The summed E-state index contributed by atoms with van der Waals surface area (Å²) in [4.78, 5) is 5.58. The molecule has 33 heavy (non-hydrogen) atoms. The molecule has 6 nitrogen and oxygen atoms in total.